The van der Waals surface area contributed by atoms with Crippen LogP contribution in [0, 0.1) is 0 Å². The highest BCUT2D eigenvalue weighted by Gasteiger charge is 2.30. The Bertz CT molecular complexity index is 603. The molecule has 0 unspecified atom stereocenters. The summed E-state index contributed by atoms with van der Waals surface area (Å²) in [6, 6.07) is 8.78. The van der Waals surface area contributed by atoms with E-state index in [0.717, 1.165) is 32.7 Å². The van der Waals surface area contributed by atoms with Gasteiger partial charge in [-0.25, -0.2) is 0 Å². The molecule has 2 nitrogen and oxygen atoms in total. The quantitative estimate of drug-likeness (QED) is 0.760. The second-order valence-electron chi connectivity index (χ2n) is 5.18. The Kier molecular flexibility index (Phi) is 2.56. The van der Waals surface area contributed by atoms with Crippen molar-refractivity contribution in [3.05, 3.63) is 59.2 Å². The third kappa shape index (κ3) is 1.67. The molecule has 0 radical (unpaired) electrons. The van der Waals surface area contributed by atoms with Gasteiger partial charge in [0.25, 0.3) is 0 Å². The number of morpholine rings is 1. The molecule has 0 N–H and O–H groups in total. The van der Waals surface area contributed by atoms with Crippen LogP contribution in [-0.2, 0) is 4.74 Å². The Morgan fingerprint density at radius 2 is 1.79 bits per heavy atom. The van der Waals surface area contributed by atoms with Crippen molar-refractivity contribution >= 4 is 11.3 Å². The number of hydrogen-bond acceptors (Lipinski definition) is 2. The summed E-state index contributed by atoms with van der Waals surface area (Å²) < 4.78 is 5.49. The zero-order chi connectivity index (χ0) is 12.7. The predicted octanol–water partition coefficient (Wildman–Crippen LogP) is 3.09. The maximum Gasteiger partial charge on any atom is 0.0642 e. The lowest BCUT2D eigenvalue weighted by Crippen LogP contribution is -2.35. The van der Waals surface area contributed by atoms with Crippen LogP contribution in [0.1, 0.15) is 17.5 Å². The normalized spacial score (nSPS) is 21.3. The molecule has 0 bridgehead atoms. The van der Waals surface area contributed by atoms with Gasteiger partial charge < -0.3 is 9.64 Å². The fourth-order valence-electron chi connectivity index (χ4n) is 3.27. The summed E-state index contributed by atoms with van der Waals surface area (Å²) in [5.74, 6) is 0. The second-order valence-corrected chi connectivity index (χ2v) is 5.18. The maximum atomic E-state index is 5.49. The molecule has 4 rings (SSSR count). The van der Waals surface area contributed by atoms with Crippen molar-refractivity contribution < 1.29 is 4.74 Å². The second kappa shape index (κ2) is 4.39. The van der Waals surface area contributed by atoms with Gasteiger partial charge in [0.05, 0.1) is 13.2 Å². The number of nitrogens with zero attached hydrogens (tertiary/aromatic N) is 1. The summed E-state index contributed by atoms with van der Waals surface area (Å²) in [6.07, 6.45) is 7.74. The van der Waals surface area contributed by atoms with E-state index in [1.807, 2.05) is 0 Å². The van der Waals surface area contributed by atoms with Crippen LogP contribution in [0.5, 0.6) is 0 Å². The van der Waals surface area contributed by atoms with Gasteiger partial charge in [0.1, 0.15) is 0 Å². The van der Waals surface area contributed by atoms with Crippen LogP contribution in [0.3, 0.4) is 0 Å². The molecule has 2 aliphatic carbocycles. The van der Waals surface area contributed by atoms with E-state index < -0.39 is 0 Å². The van der Waals surface area contributed by atoms with E-state index in [9.17, 15) is 0 Å². The minimum absolute atomic E-state index is 0.841. The number of rotatable bonds is 1. The highest BCUT2D eigenvalue weighted by Crippen LogP contribution is 2.45. The summed E-state index contributed by atoms with van der Waals surface area (Å²) >= 11 is 0. The van der Waals surface area contributed by atoms with Crippen LogP contribution in [0.4, 0.5) is 0 Å². The van der Waals surface area contributed by atoms with Gasteiger partial charge in [0.2, 0.25) is 0 Å². The number of allylic oxidation sites excluding steroid dienone is 5. The molecule has 0 aromatic heterocycles. The minimum atomic E-state index is 0.841. The summed E-state index contributed by atoms with van der Waals surface area (Å²) in [5, 5.41) is 0. The molecule has 1 heterocycles. The van der Waals surface area contributed by atoms with Gasteiger partial charge in [0, 0.05) is 24.4 Å². The topological polar surface area (TPSA) is 12.5 Å². The molecule has 0 saturated carbocycles. The van der Waals surface area contributed by atoms with Crippen LogP contribution in [0.15, 0.2) is 48.1 Å². The number of hydrogen-bond donors (Lipinski definition) is 0. The van der Waals surface area contributed by atoms with Crippen molar-refractivity contribution in [3.8, 4) is 0 Å². The fraction of sp³-hybridized carbons (Fsp3) is 0.294. The first-order valence-electron chi connectivity index (χ1n) is 6.98. The molecule has 96 valence electrons. The zero-order valence-corrected chi connectivity index (χ0v) is 10.9. The molecule has 1 saturated heterocycles. The Morgan fingerprint density at radius 3 is 2.63 bits per heavy atom. The average Bonchev–Trinajstić information content (AvgIpc) is 2.83. The maximum absolute atomic E-state index is 5.49. The van der Waals surface area contributed by atoms with E-state index in [1.54, 1.807) is 0 Å². The molecule has 1 aliphatic heterocycles. The van der Waals surface area contributed by atoms with Crippen molar-refractivity contribution in [1.29, 1.82) is 0 Å². The fourth-order valence-corrected chi connectivity index (χ4v) is 3.27. The van der Waals surface area contributed by atoms with E-state index in [0.29, 0.717) is 0 Å². The molecule has 1 aromatic rings. The molecule has 1 aromatic carbocycles. The molecule has 3 aliphatic rings. The Balaban J connectivity index is 1.87. The third-order valence-electron chi connectivity index (χ3n) is 4.13. The van der Waals surface area contributed by atoms with Gasteiger partial charge >= 0.3 is 0 Å². The van der Waals surface area contributed by atoms with Gasteiger partial charge in [0.15, 0.2) is 0 Å². The van der Waals surface area contributed by atoms with E-state index in [1.165, 1.54) is 28.0 Å². The largest absolute Gasteiger partial charge is 0.378 e. The van der Waals surface area contributed by atoms with Crippen LogP contribution in [-0.4, -0.2) is 31.2 Å². The van der Waals surface area contributed by atoms with Crippen molar-refractivity contribution in [2.24, 2.45) is 0 Å². The first-order valence-corrected chi connectivity index (χ1v) is 6.98. The molecular formula is C17H17NO. The number of ether oxygens (including phenoxy) is 1. The highest BCUT2D eigenvalue weighted by molar-refractivity contribution is 6.00. The van der Waals surface area contributed by atoms with Crippen LogP contribution in [0.25, 0.3) is 11.3 Å². The van der Waals surface area contributed by atoms with E-state index >= 15 is 0 Å². The predicted molar refractivity (Wildman–Crippen MR) is 77.5 cm³/mol. The number of fused-ring (bicyclic) bond motifs is 3. The lowest BCUT2D eigenvalue weighted by molar-refractivity contribution is 0.0638. The van der Waals surface area contributed by atoms with Crippen molar-refractivity contribution in [3.63, 3.8) is 0 Å². The van der Waals surface area contributed by atoms with Crippen LogP contribution < -0.4 is 0 Å². The molecule has 0 spiro atoms. The van der Waals surface area contributed by atoms with Gasteiger partial charge in [-0.05, 0) is 23.1 Å². The van der Waals surface area contributed by atoms with Crippen molar-refractivity contribution in [1.82, 2.24) is 4.90 Å². The average molecular weight is 251 g/mol. The first kappa shape index (κ1) is 11.1. The van der Waals surface area contributed by atoms with Gasteiger partial charge in [-0.15, -0.1) is 0 Å². The number of benzene rings is 1. The molecule has 1 fully saturated rings. The molecule has 0 atom stereocenters. The van der Waals surface area contributed by atoms with E-state index in [2.05, 4.69) is 47.4 Å². The monoisotopic (exact) mass is 251 g/mol. The SMILES string of the molecule is C1=CCC2=C(N3CCOCC3)c3ccccc3C2=C1. The van der Waals surface area contributed by atoms with Gasteiger partial charge in [-0.3, -0.25) is 0 Å². The summed E-state index contributed by atoms with van der Waals surface area (Å²) in [7, 11) is 0. The van der Waals surface area contributed by atoms with E-state index in [4.69, 9.17) is 4.74 Å². The Labute approximate surface area is 113 Å². The minimum Gasteiger partial charge on any atom is -0.378 e. The Morgan fingerprint density at radius 1 is 1.00 bits per heavy atom. The van der Waals surface area contributed by atoms with Crippen LogP contribution >= 0.6 is 0 Å². The van der Waals surface area contributed by atoms with Gasteiger partial charge in [-0.1, -0.05) is 42.5 Å². The molecular weight excluding hydrogens is 234 g/mol. The Hall–Kier alpha value is -1.80. The lowest BCUT2D eigenvalue weighted by atomic mass is 9.97. The highest BCUT2D eigenvalue weighted by atomic mass is 16.5. The van der Waals surface area contributed by atoms with Crippen molar-refractivity contribution in [2.75, 3.05) is 26.3 Å². The zero-order valence-electron chi connectivity index (χ0n) is 10.9. The molecule has 0 amide bonds. The molecule has 2 heteroatoms. The smallest absolute Gasteiger partial charge is 0.0642 e. The van der Waals surface area contributed by atoms with Crippen LogP contribution in [0.2, 0.25) is 0 Å². The summed E-state index contributed by atoms with van der Waals surface area (Å²) in [6.45, 7) is 3.69. The first-order chi connectivity index (χ1) is 9.45. The summed E-state index contributed by atoms with van der Waals surface area (Å²) in [5.41, 5.74) is 7.14. The van der Waals surface area contributed by atoms with Crippen molar-refractivity contribution in [2.45, 2.75) is 6.42 Å². The van der Waals surface area contributed by atoms with E-state index in [-0.39, 0.29) is 0 Å². The standard InChI is InChI=1S/C17H17NO/c1-3-7-15-13(5-1)14-6-2-4-8-16(14)17(15)18-9-11-19-12-10-18/h1-7H,8-12H2. The van der Waals surface area contributed by atoms with Gasteiger partial charge in [-0.2, -0.15) is 0 Å². The lowest BCUT2D eigenvalue weighted by Gasteiger charge is -2.31. The third-order valence-corrected chi connectivity index (χ3v) is 4.13. The summed E-state index contributed by atoms with van der Waals surface area (Å²) in [4.78, 5) is 2.50. The molecule has 19 heavy (non-hydrogen) atoms.